The third kappa shape index (κ3) is 5.23. The molecular weight excluding hydrogens is 260 g/mol. The predicted octanol–water partition coefficient (Wildman–Crippen LogP) is 1.32. The van der Waals surface area contributed by atoms with Crippen LogP contribution in [-0.2, 0) is 4.79 Å². The number of aliphatic carboxylic acids is 1. The zero-order chi connectivity index (χ0) is 15.1. The highest BCUT2D eigenvalue weighted by molar-refractivity contribution is 5.67. The molecule has 0 saturated heterocycles. The second-order valence-corrected chi connectivity index (χ2v) is 5.66. The third-order valence-electron chi connectivity index (χ3n) is 3.99. The second kappa shape index (κ2) is 8.39. The zero-order valence-electron chi connectivity index (χ0n) is 12.0. The summed E-state index contributed by atoms with van der Waals surface area (Å²) in [5.41, 5.74) is 0. The molecule has 5 nitrogen and oxygen atoms in total. The van der Waals surface area contributed by atoms with Crippen LogP contribution in [0.15, 0.2) is 12.2 Å². The van der Waals surface area contributed by atoms with Crippen molar-refractivity contribution in [2.75, 3.05) is 0 Å². The van der Waals surface area contributed by atoms with Crippen molar-refractivity contribution < 1.29 is 25.2 Å². The number of aliphatic hydroxyl groups excluding tert-OH is 3. The number of aliphatic hydroxyl groups is 3. The summed E-state index contributed by atoms with van der Waals surface area (Å²) >= 11 is 0. The van der Waals surface area contributed by atoms with E-state index in [1.165, 1.54) is 0 Å². The number of carboxylic acid groups (broad SMARTS) is 1. The van der Waals surface area contributed by atoms with E-state index in [-0.39, 0.29) is 12.8 Å². The van der Waals surface area contributed by atoms with E-state index < -0.39 is 36.1 Å². The Balaban J connectivity index is 2.55. The molecule has 2 unspecified atom stereocenters. The van der Waals surface area contributed by atoms with Gasteiger partial charge in [0, 0.05) is 18.3 Å². The molecule has 1 rings (SSSR count). The molecule has 0 heterocycles. The van der Waals surface area contributed by atoms with Crippen LogP contribution >= 0.6 is 0 Å². The number of carboxylic acids is 1. The van der Waals surface area contributed by atoms with Gasteiger partial charge in [-0.1, -0.05) is 38.3 Å². The smallest absolute Gasteiger partial charge is 0.303 e. The number of unbranched alkanes of at least 4 members (excludes halogenated alkanes) is 2. The minimum absolute atomic E-state index is 0.167. The number of hydrogen-bond donors (Lipinski definition) is 4. The van der Waals surface area contributed by atoms with E-state index >= 15 is 0 Å². The summed E-state index contributed by atoms with van der Waals surface area (Å²) in [5.74, 6) is -1.87. The van der Waals surface area contributed by atoms with Gasteiger partial charge in [-0.3, -0.25) is 4.79 Å². The fourth-order valence-electron chi connectivity index (χ4n) is 2.82. The Kier molecular flexibility index (Phi) is 7.19. The molecule has 0 bridgehead atoms. The highest BCUT2D eigenvalue weighted by atomic mass is 16.4. The van der Waals surface area contributed by atoms with Crippen molar-refractivity contribution >= 4 is 5.97 Å². The lowest BCUT2D eigenvalue weighted by Gasteiger charge is -2.19. The SMILES string of the molecule is CCCCC[C@H](O)C=CC1[C@@H](CC(=O)O)C(O)C[C@H]1O. The fourth-order valence-corrected chi connectivity index (χ4v) is 2.82. The van der Waals surface area contributed by atoms with Crippen molar-refractivity contribution in [2.45, 2.75) is 63.8 Å². The zero-order valence-corrected chi connectivity index (χ0v) is 12.0. The average molecular weight is 286 g/mol. The van der Waals surface area contributed by atoms with E-state index in [9.17, 15) is 20.1 Å². The molecule has 5 heteroatoms. The molecule has 0 aromatic carbocycles. The van der Waals surface area contributed by atoms with E-state index in [1.807, 2.05) is 0 Å². The first kappa shape index (κ1) is 17.1. The van der Waals surface area contributed by atoms with E-state index in [0.29, 0.717) is 6.42 Å². The normalized spacial score (nSPS) is 31.8. The van der Waals surface area contributed by atoms with Crippen LogP contribution in [-0.4, -0.2) is 44.7 Å². The Hall–Kier alpha value is -0.910. The van der Waals surface area contributed by atoms with E-state index in [4.69, 9.17) is 5.11 Å². The summed E-state index contributed by atoms with van der Waals surface area (Å²) in [6.07, 6.45) is 4.97. The van der Waals surface area contributed by atoms with Gasteiger partial charge in [0.15, 0.2) is 0 Å². The van der Waals surface area contributed by atoms with E-state index in [0.717, 1.165) is 19.3 Å². The van der Waals surface area contributed by atoms with Gasteiger partial charge >= 0.3 is 5.97 Å². The summed E-state index contributed by atoms with van der Waals surface area (Å²) in [6, 6.07) is 0. The molecule has 0 aliphatic heterocycles. The first-order valence-corrected chi connectivity index (χ1v) is 7.40. The summed E-state index contributed by atoms with van der Waals surface area (Å²) in [6.45, 7) is 2.09. The highest BCUT2D eigenvalue weighted by Gasteiger charge is 2.41. The molecule has 0 amide bonds. The molecule has 5 atom stereocenters. The molecular formula is C15H26O5. The fraction of sp³-hybridized carbons (Fsp3) is 0.800. The van der Waals surface area contributed by atoms with E-state index in [1.54, 1.807) is 12.2 Å². The molecule has 4 N–H and O–H groups in total. The van der Waals surface area contributed by atoms with Gasteiger partial charge in [-0.05, 0) is 6.42 Å². The van der Waals surface area contributed by atoms with Crippen LogP contribution in [0.25, 0.3) is 0 Å². The van der Waals surface area contributed by atoms with Gasteiger partial charge in [0.25, 0.3) is 0 Å². The number of carbonyl (C=O) groups is 1. The second-order valence-electron chi connectivity index (χ2n) is 5.66. The summed E-state index contributed by atoms with van der Waals surface area (Å²) in [4.78, 5) is 10.8. The molecule has 116 valence electrons. The van der Waals surface area contributed by atoms with Crippen LogP contribution in [0.4, 0.5) is 0 Å². The van der Waals surface area contributed by atoms with Crippen molar-refractivity contribution in [1.29, 1.82) is 0 Å². The quantitative estimate of drug-likeness (QED) is 0.398. The summed E-state index contributed by atoms with van der Waals surface area (Å²) in [5, 5.41) is 38.3. The standard InChI is InChI=1S/C15H26O5/c1-2-3-4-5-10(16)6-7-11-12(8-15(19)20)14(18)9-13(11)17/h6-7,10-14,16-18H,2-5,8-9H2,1H3,(H,19,20)/t10-,11?,12+,13+,14?/m0/s1. The number of hydrogen-bond acceptors (Lipinski definition) is 4. The maximum absolute atomic E-state index is 10.8. The van der Waals surface area contributed by atoms with Gasteiger partial charge in [0.1, 0.15) is 0 Å². The summed E-state index contributed by atoms with van der Waals surface area (Å²) < 4.78 is 0. The molecule has 0 spiro atoms. The van der Waals surface area contributed by atoms with Crippen molar-refractivity contribution in [2.24, 2.45) is 11.8 Å². The molecule has 0 aromatic rings. The molecule has 1 saturated carbocycles. The van der Waals surface area contributed by atoms with Crippen LogP contribution in [0, 0.1) is 11.8 Å². The van der Waals surface area contributed by atoms with Crippen molar-refractivity contribution in [3.05, 3.63) is 12.2 Å². The first-order valence-electron chi connectivity index (χ1n) is 7.40. The topological polar surface area (TPSA) is 98.0 Å². The first-order chi connectivity index (χ1) is 9.45. The molecule has 1 fully saturated rings. The maximum Gasteiger partial charge on any atom is 0.303 e. The Morgan fingerprint density at radius 1 is 1.30 bits per heavy atom. The van der Waals surface area contributed by atoms with Crippen LogP contribution in [0.3, 0.4) is 0 Å². The lowest BCUT2D eigenvalue weighted by molar-refractivity contribution is -0.139. The Labute approximate surface area is 119 Å². The lowest BCUT2D eigenvalue weighted by atomic mass is 9.90. The Bertz CT molecular complexity index is 328. The predicted molar refractivity (Wildman–Crippen MR) is 75.2 cm³/mol. The van der Waals surface area contributed by atoms with Crippen LogP contribution in [0.2, 0.25) is 0 Å². The average Bonchev–Trinajstić information content (AvgIpc) is 2.62. The van der Waals surface area contributed by atoms with E-state index in [2.05, 4.69) is 6.92 Å². The Morgan fingerprint density at radius 3 is 2.60 bits per heavy atom. The minimum atomic E-state index is -0.981. The van der Waals surface area contributed by atoms with Gasteiger partial charge in [0.2, 0.25) is 0 Å². The van der Waals surface area contributed by atoms with Crippen LogP contribution in [0.5, 0.6) is 0 Å². The molecule has 0 aromatic heterocycles. The highest BCUT2D eigenvalue weighted by Crippen LogP contribution is 2.36. The lowest BCUT2D eigenvalue weighted by Crippen LogP contribution is -2.23. The monoisotopic (exact) mass is 286 g/mol. The largest absolute Gasteiger partial charge is 0.481 e. The molecule has 1 aliphatic rings. The number of rotatable bonds is 8. The van der Waals surface area contributed by atoms with Gasteiger partial charge in [-0.15, -0.1) is 0 Å². The molecule has 20 heavy (non-hydrogen) atoms. The van der Waals surface area contributed by atoms with Gasteiger partial charge in [-0.25, -0.2) is 0 Å². The Morgan fingerprint density at radius 2 is 2.00 bits per heavy atom. The summed E-state index contributed by atoms with van der Waals surface area (Å²) in [7, 11) is 0. The van der Waals surface area contributed by atoms with Crippen molar-refractivity contribution in [3.8, 4) is 0 Å². The third-order valence-corrected chi connectivity index (χ3v) is 3.99. The van der Waals surface area contributed by atoms with Crippen molar-refractivity contribution in [1.82, 2.24) is 0 Å². The molecule has 0 radical (unpaired) electrons. The minimum Gasteiger partial charge on any atom is -0.481 e. The van der Waals surface area contributed by atoms with Gasteiger partial charge in [-0.2, -0.15) is 0 Å². The maximum atomic E-state index is 10.8. The van der Waals surface area contributed by atoms with Gasteiger partial charge in [0.05, 0.1) is 24.7 Å². The van der Waals surface area contributed by atoms with Crippen LogP contribution < -0.4 is 0 Å². The van der Waals surface area contributed by atoms with Crippen molar-refractivity contribution in [3.63, 3.8) is 0 Å². The van der Waals surface area contributed by atoms with Gasteiger partial charge < -0.3 is 20.4 Å². The van der Waals surface area contributed by atoms with Crippen LogP contribution in [0.1, 0.15) is 45.4 Å². The molecule has 1 aliphatic carbocycles.